The fourth-order valence-electron chi connectivity index (χ4n) is 2.84. The van der Waals surface area contributed by atoms with Gasteiger partial charge in [-0.1, -0.05) is 29.8 Å². The number of benzene rings is 1. The minimum absolute atomic E-state index is 0.0801. The zero-order valence-electron chi connectivity index (χ0n) is 14.2. The molecule has 0 atom stereocenters. The van der Waals surface area contributed by atoms with Crippen LogP contribution in [0.25, 0.3) is 16.9 Å². The van der Waals surface area contributed by atoms with Crippen molar-refractivity contribution in [2.24, 2.45) is 0 Å². The summed E-state index contributed by atoms with van der Waals surface area (Å²) >= 11 is 6.42. The molecule has 3 nitrogen and oxygen atoms in total. The van der Waals surface area contributed by atoms with Crippen LogP contribution in [0.1, 0.15) is 32.0 Å². The van der Waals surface area contributed by atoms with Crippen LogP contribution >= 0.6 is 11.6 Å². The van der Waals surface area contributed by atoms with Crippen molar-refractivity contribution in [3.05, 3.63) is 52.7 Å². The van der Waals surface area contributed by atoms with E-state index in [0.29, 0.717) is 5.02 Å². The molecule has 120 valence electrons. The Kier molecular flexibility index (Phi) is 3.85. The van der Waals surface area contributed by atoms with E-state index in [1.54, 1.807) is 0 Å². The number of rotatable bonds is 2. The minimum atomic E-state index is -0.0801. The third-order valence-corrected chi connectivity index (χ3v) is 4.00. The van der Waals surface area contributed by atoms with Crippen molar-refractivity contribution < 1.29 is 0 Å². The van der Waals surface area contributed by atoms with Gasteiger partial charge in [-0.05, 0) is 58.4 Å². The number of hydrogen-bond donors (Lipinski definition) is 1. The average Bonchev–Trinajstić information content (AvgIpc) is 2.75. The summed E-state index contributed by atoms with van der Waals surface area (Å²) in [7, 11) is 0. The highest BCUT2D eigenvalue weighted by atomic mass is 35.5. The lowest BCUT2D eigenvalue weighted by molar-refractivity contribution is 0.629. The molecule has 0 radical (unpaired) electrons. The molecule has 0 fully saturated rings. The van der Waals surface area contributed by atoms with Crippen LogP contribution in [0.5, 0.6) is 0 Å². The monoisotopic (exact) mass is 327 g/mol. The van der Waals surface area contributed by atoms with Gasteiger partial charge in [0.15, 0.2) is 0 Å². The highest BCUT2D eigenvalue weighted by Crippen LogP contribution is 2.35. The summed E-state index contributed by atoms with van der Waals surface area (Å²) in [5.41, 5.74) is 5.04. The molecule has 0 aliphatic rings. The Hall–Kier alpha value is -2.00. The molecular formula is C19H22ClN3. The van der Waals surface area contributed by atoms with Gasteiger partial charge in [0, 0.05) is 16.8 Å². The topological polar surface area (TPSA) is 29.3 Å². The number of nitrogens with zero attached hydrogens (tertiary/aromatic N) is 2. The summed E-state index contributed by atoms with van der Waals surface area (Å²) in [5, 5.41) is 4.31. The van der Waals surface area contributed by atoms with Crippen LogP contribution in [0.4, 0.5) is 5.82 Å². The van der Waals surface area contributed by atoms with Crippen molar-refractivity contribution in [1.29, 1.82) is 0 Å². The second-order valence-electron chi connectivity index (χ2n) is 7.03. The summed E-state index contributed by atoms with van der Waals surface area (Å²) in [4.78, 5) is 4.87. The van der Waals surface area contributed by atoms with E-state index in [9.17, 15) is 0 Å². The molecule has 0 bridgehead atoms. The highest BCUT2D eigenvalue weighted by molar-refractivity contribution is 6.33. The Morgan fingerprint density at radius 1 is 1.09 bits per heavy atom. The number of imidazole rings is 1. The quantitative estimate of drug-likeness (QED) is 0.675. The van der Waals surface area contributed by atoms with Crippen LogP contribution in [0, 0.1) is 13.8 Å². The van der Waals surface area contributed by atoms with Crippen molar-refractivity contribution in [2.75, 3.05) is 5.32 Å². The summed E-state index contributed by atoms with van der Waals surface area (Å²) in [6.45, 7) is 10.6. The zero-order valence-corrected chi connectivity index (χ0v) is 15.0. The van der Waals surface area contributed by atoms with Gasteiger partial charge in [0.1, 0.15) is 17.2 Å². The van der Waals surface area contributed by atoms with Crippen LogP contribution < -0.4 is 5.32 Å². The van der Waals surface area contributed by atoms with Crippen molar-refractivity contribution in [3.8, 4) is 11.3 Å². The Labute approximate surface area is 142 Å². The van der Waals surface area contributed by atoms with E-state index in [2.05, 4.69) is 56.5 Å². The van der Waals surface area contributed by atoms with Gasteiger partial charge >= 0.3 is 0 Å². The number of anilines is 1. The fourth-order valence-corrected chi connectivity index (χ4v) is 3.07. The second kappa shape index (κ2) is 5.57. The van der Waals surface area contributed by atoms with E-state index >= 15 is 0 Å². The summed E-state index contributed by atoms with van der Waals surface area (Å²) in [6, 6.07) is 12.1. The SMILES string of the molecule is Cc1cc(C)n2c(NC(C)(C)C)c(-c3ccccc3Cl)nc2c1. The van der Waals surface area contributed by atoms with E-state index < -0.39 is 0 Å². The number of aromatic nitrogens is 2. The third kappa shape index (κ3) is 3.06. The van der Waals surface area contributed by atoms with Crippen LogP contribution in [0.2, 0.25) is 5.02 Å². The predicted molar refractivity (Wildman–Crippen MR) is 98.5 cm³/mol. The lowest BCUT2D eigenvalue weighted by Gasteiger charge is -2.23. The largest absolute Gasteiger partial charge is 0.365 e. The van der Waals surface area contributed by atoms with Crippen molar-refractivity contribution in [3.63, 3.8) is 0 Å². The Morgan fingerprint density at radius 3 is 2.43 bits per heavy atom. The number of pyridine rings is 1. The maximum Gasteiger partial charge on any atom is 0.139 e. The fraction of sp³-hybridized carbons (Fsp3) is 0.316. The highest BCUT2D eigenvalue weighted by Gasteiger charge is 2.21. The maximum atomic E-state index is 6.42. The molecule has 3 rings (SSSR count). The Morgan fingerprint density at radius 2 is 1.78 bits per heavy atom. The molecule has 1 N–H and O–H groups in total. The molecular weight excluding hydrogens is 306 g/mol. The third-order valence-electron chi connectivity index (χ3n) is 3.67. The molecule has 2 aromatic heterocycles. The van der Waals surface area contributed by atoms with Crippen LogP contribution in [0.3, 0.4) is 0 Å². The van der Waals surface area contributed by atoms with Gasteiger partial charge in [0.25, 0.3) is 0 Å². The number of halogens is 1. The predicted octanol–water partition coefficient (Wildman–Crippen LogP) is 5.48. The number of fused-ring (bicyclic) bond motifs is 1. The number of nitrogens with one attached hydrogen (secondary N) is 1. The average molecular weight is 328 g/mol. The molecule has 0 aliphatic heterocycles. The zero-order chi connectivity index (χ0) is 16.8. The summed E-state index contributed by atoms with van der Waals surface area (Å²) in [6.07, 6.45) is 0. The molecule has 4 heteroatoms. The molecule has 1 aromatic carbocycles. The van der Waals surface area contributed by atoms with E-state index in [-0.39, 0.29) is 5.54 Å². The van der Waals surface area contributed by atoms with Crippen LogP contribution in [-0.2, 0) is 0 Å². The number of aryl methyl sites for hydroxylation is 2. The van der Waals surface area contributed by atoms with E-state index in [1.165, 1.54) is 5.56 Å². The Bertz CT molecular complexity index is 872. The molecule has 0 amide bonds. The first-order valence-electron chi connectivity index (χ1n) is 7.79. The normalized spacial score (nSPS) is 11.9. The lowest BCUT2D eigenvalue weighted by Crippen LogP contribution is -2.27. The van der Waals surface area contributed by atoms with Crippen molar-refractivity contribution in [2.45, 2.75) is 40.2 Å². The van der Waals surface area contributed by atoms with Crippen LogP contribution in [0.15, 0.2) is 36.4 Å². The van der Waals surface area contributed by atoms with Gasteiger partial charge in [-0.15, -0.1) is 0 Å². The molecule has 0 unspecified atom stereocenters. The van der Waals surface area contributed by atoms with Gasteiger partial charge in [-0.2, -0.15) is 0 Å². The molecule has 3 aromatic rings. The van der Waals surface area contributed by atoms with Gasteiger partial charge in [-0.25, -0.2) is 4.98 Å². The molecule has 0 saturated carbocycles. The first-order valence-corrected chi connectivity index (χ1v) is 8.17. The molecule has 0 aliphatic carbocycles. The van der Waals surface area contributed by atoms with Crippen molar-refractivity contribution in [1.82, 2.24) is 9.38 Å². The second-order valence-corrected chi connectivity index (χ2v) is 7.44. The van der Waals surface area contributed by atoms with E-state index in [1.807, 2.05) is 24.3 Å². The number of hydrogen-bond acceptors (Lipinski definition) is 2. The van der Waals surface area contributed by atoms with Gasteiger partial charge in [0.2, 0.25) is 0 Å². The minimum Gasteiger partial charge on any atom is -0.365 e. The maximum absolute atomic E-state index is 6.42. The first kappa shape index (κ1) is 15.9. The summed E-state index contributed by atoms with van der Waals surface area (Å²) in [5.74, 6) is 0.984. The van der Waals surface area contributed by atoms with Crippen LogP contribution in [-0.4, -0.2) is 14.9 Å². The Balaban J connectivity index is 2.35. The van der Waals surface area contributed by atoms with E-state index in [0.717, 1.165) is 28.4 Å². The smallest absolute Gasteiger partial charge is 0.139 e. The van der Waals surface area contributed by atoms with Gasteiger partial charge in [0.05, 0.1) is 5.02 Å². The molecule has 2 heterocycles. The molecule has 0 spiro atoms. The lowest BCUT2D eigenvalue weighted by atomic mass is 10.1. The first-order chi connectivity index (χ1) is 10.8. The van der Waals surface area contributed by atoms with Gasteiger partial charge in [-0.3, -0.25) is 4.40 Å². The van der Waals surface area contributed by atoms with E-state index in [4.69, 9.17) is 16.6 Å². The standard InChI is InChI=1S/C19H22ClN3/c1-12-10-13(2)23-16(11-12)21-17(18(23)22-19(3,4)5)14-8-6-7-9-15(14)20/h6-11,22H,1-5H3. The molecule has 0 saturated heterocycles. The summed E-state index contributed by atoms with van der Waals surface area (Å²) < 4.78 is 2.16. The van der Waals surface area contributed by atoms with Gasteiger partial charge < -0.3 is 5.32 Å². The molecule has 23 heavy (non-hydrogen) atoms. The van der Waals surface area contributed by atoms with Crippen molar-refractivity contribution >= 4 is 23.1 Å².